The Morgan fingerprint density at radius 2 is 1.83 bits per heavy atom. The molecule has 0 saturated heterocycles. The van der Waals surface area contributed by atoms with Crippen molar-refractivity contribution in [2.75, 3.05) is 12.4 Å². The van der Waals surface area contributed by atoms with Crippen LogP contribution in [0.3, 0.4) is 0 Å². The van der Waals surface area contributed by atoms with E-state index in [9.17, 15) is 0 Å². The summed E-state index contributed by atoms with van der Waals surface area (Å²) in [5.74, 6) is 4.77. The van der Waals surface area contributed by atoms with Crippen LogP contribution in [0.5, 0.6) is 11.8 Å². The molecule has 2 saturated carbocycles. The van der Waals surface area contributed by atoms with Gasteiger partial charge in [0.1, 0.15) is 28.8 Å². The Bertz CT molecular complexity index is 1260. The van der Waals surface area contributed by atoms with Crippen LogP contribution in [0, 0.1) is 24.7 Å². The van der Waals surface area contributed by atoms with Gasteiger partial charge in [-0.25, -0.2) is 19.9 Å². The fourth-order valence-electron chi connectivity index (χ4n) is 5.05. The Morgan fingerprint density at radius 3 is 2.57 bits per heavy atom. The molecule has 30 heavy (non-hydrogen) atoms. The van der Waals surface area contributed by atoms with Gasteiger partial charge in [0.05, 0.1) is 23.5 Å². The standard InChI is InChI=1S/C21H22N8O/c1-9-13-4-11(5-14(9)13)16-15-17-18(20(22-3)26-8-25-17)27-19(15)29-21(28-16)30-12-6-23-10(2)24-7-12/h6-9,11,13-14H,4-5H2,1-3H3,(H,22,25,26)(H,27,28,29). The van der Waals surface area contributed by atoms with Crippen LogP contribution in [0.2, 0.25) is 0 Å². The Balaban J connectivity index is 1.51. The van der Waals surface area contributed by atoms with Crippen molar-refractivity contribution in [2.45, 2.75) is 32.6 Å². The second-order valence-electron chi connectivity index (χ2n) is 8.36. The van der Waals surface area contributed by atoms with E-state index in [1.54, 1.807) is 18.7 Å². The van der Waals surface area contributed by atoms with Gasteiger partial charge in [-0.2, -0.15) is 9.97 Å². The highest BCUT2D eigenvalue weighted by Gasteiger charge is 2.54. The molecule has 2 N–H and O–H groups in total. The quantitative estimate of drug-likeness (QED) is 0.532. The third kappa shape index (κ3) is 2.61. The number of nitrogens with one attached hydrogen (secondary N) is 2. The van der Waals surface area contributed by atoms with Crippen LogP contribution >= 0.6 is 0 Å². The van der Waals surface area contributed by atoms with Crippen molar-refractivity contribution in [3.63, 3.8) is 0 Å². The lowest BCUT2D eigenvalue weighted by molar-refractivity contribution is 0.433. The van der Waals surface area contributed by atoms with Gasteiger partial charge in [0.2, 0.25) is 0 Å². The van der Waals surface area contributed by atoms with Gasteiger partial charge < -0.3 is 15.0 Å². The zero-order chi connectivity index (χ0) is 20.4. The minimum atomic E-state index is 0.295. The summed E-state index contributed by atoms with van der Waals surface area (Å²) in [6.07, 6.45) is 7.16. The number of H-pyrrole nitrogens is 1. The molecule has 2 aliphatic carbocycles. The Hall–Kier alpha value is -3.36. The minimum Gasteiger partial charge on any atom is -0.421 e. The van der Waals surface area contributed by atoms with E-state index in [2.05, 4.69) is 42.1 Å². The molecule has 152 valence electrons. The monoisotopic (exact) mass is 402 g/mol. The van der Waals surface area contributed by atoms with Crippen LogP contribution < -0.4 is 10.1 Å². The van der Waals surface area contributed by atoms with E-state index in [-0.39, 0.29) is 0 Å². The largest absolute Gasteiger partial charge is 0.421 e. The first kappa shape index (κ1) is 17.5. The zero-order valence-electron chi connectivity index (χ0n) is 17.0. The summed E-state index contributed by atoms with van der Waals surface area (Å²) in [7, 11) is 1.84. The summed E-state index contributed by atoms with van der Waals surface area (Å²) in [6, 6.07) is 0.295. The van der Waals surface area contributed by atoms with Crippen molar-refractivity contribution in [3.05, 3.63) is 30.2 Å². The Labute approximate surface area is 172 Å². The SMILES string of the molecule is CNc1ncnc2c1[nH]c1nc(Oc3cnc(C)nc3)nc(C3CC4C(C)C4C3)c12. The van der Waals surface area contributed by atoms with Crippen molar-refractivity contribution in [3.8, 4) is 11.8 Å². The molecule has 6 rings (SSSR count). The third-order valence-electron chi connectivity index (χ3n) is 6.71. The van der Waals surface area contributed by atoms with Crippen LogP contribution in [0.1, 0.15) is 37.2 Å². The fraction of sp³-hybridized carbons (Fsp3) is 0.429. The van der Waals surface area contributed by atoms with E-state index < -0.39 is 0 Å². The molecule has 2 aliphatic rings. The maximum atomic E-state index is 5.93. The highest BCUT2D eigenvalue weighted by atomic mass is 16.5. The lowest BCUT2D eigenvalue weighted by Gasteiger charge is -2.15. The van der Waals surface area contributed by atoms with Gasteiger partial charge in [0.15, 0.2) is 11.6 Å². The van der Waals surface area contributed by atoms with E-state index in [0.29, 0.717) is 29.1 Å². The second-order valence-corrected chi connectivity index (χ2v) is 8.36. The fourth-order valence-corrected chi connectivity index (χ4v) is 5.05. The molecule has 0 radical (unpaired) electrons. The molecule has 4 aromatic rings. The molecule has 0 bridgehead atoms. The van der Waals surface area contributed by atoms with Crippen molar-refractivity contribution in [2.24, 2.45) is 17.8 Å². The number of anilines is 1. The summed E-state index contributed by atoms with van der Waals surface area (Å²) in [5.41, 5.74) is 3.40. The summed E-state index contributed by atoms with van der Waals surface area (Å²) in [6.45, 7) is 4.19. The molecule has 2 unspecified atom stereocenters. The minimum absolute atomic E-state index is 0.295. The number of ether oxygens (including phenoxy) is 1. The second kappa shape index (κ2) is 6.32. The highest BCUT2D eigenvalue weighted by Crippen LogP contribution is 2.62. The third-order valence-corrected chi connectivity index (χ3v) is 6.71. The summed E-state index contributed by atoms with van der Waals surface area (Å²) in [5, 5.41) is 4.09. The van der Waals surface area contributed by atoms with Crippen molar-refractivity contribution in [1.29, 1.82) is 0 Å². The zero-order valence-corrected chi connectivity index (χ0v) is 17.0. The highest BCUT2D eigenvalue weighted by molar-refractivity contribution is 6.08. The lowest BCUT2D eigenvalue weighted by Crippen LogP contribution is -2.05. The number of aromatic amines is 1. The van der Waals surface area contributed by atoms with E-state index in [1.165, 1.54) is 0 Å². The van der Waals surface area contributed by atoms with Crippen molar-refractivity contribution >= 4 is 27.9 Å². The molecular formula is C21H22N8O. The molecule has 9 nitrogen and oxygen atoms in total. The number of aryl methyl sites for hydroxylation is 1. The Kier molecular flexibility index (Phi) is 3.68. The number of hydrogen-bond acceptors (Lipinski definition) is 8. The van der Waals surface area contributed by atoms with Gasteiger partial charge in [-0.1, -0.05) is 6.92 Å². The maximum Gasteiger partial charge on any atom is 0.324 e. The topological polar surface area (TPSA) is 114 Å². The van der Waals surface area contributed by atoms with Crippen LogP contribution in [-0.4, -0.2) is 41.9 Å². The molecule has 4 heterocycles. The Morgan fingerprint density at radius 1 is 1.07 bits per heavy atom. The summed E-state index contributed by atoms with van der Waals surface area (Å²) < 4.78 is 5.93. The summed E-state index contributed by atoms with van der Waals surface area (Å²) in [4.78, 5) is 30.2. The maximum absolute atomic E-state index is 5.93. The van der Waals surface area contributed by atoms with Crippen molar-refractivity contribution in [1.82, 2.24) is 34.9 Å². The van der Waals surface area contributed by atoms with Gasteiger partial charge in [-0.05, 0) is 37.5 Å². The molecule has 0 amide bonds. The first-order valence-electron chi connectivity index (χ1n) is 10.3. The first-order chi connectivity index (χ1) is 14.6. The molecule has 2 fully saturated rings. The number of fused-ring (bicyclic) bond motifs is 4. The molecule has 2 atom stereocenters. The van der Waals surface area contributed by atoms with Crippen LogP contribution in [0.15, 0.2) is 18.7 Å². The molecule has 0 aromatic carbocycles. The van der Waals surface area contributed by atoms with E-state index >= 15 is 0 Å². The van der Waals surface area contributed by atoms with Crippen molar-refractivity contribution < 1.29 is 4.74 Å². The number of nitrogens with zero attached hydrogens (tertiary/aromatic N) is 6. The predicted molar refractivity (Wildman–Crippen MR) is 111 cm³/mol. The van der Waals surface area contributed by atoms with Gasteiger partial charge >= 0.3 is 6.01 Å². The number of hydrogen-bond donors (Lipinski definition) is 2. The molecule has 0 spiro atoms. The molecule has 9 heteroatoms. The molecule has 4 aromatic heterocycles. The van der Waals surface area contributed by atoms with Crippen LogP contribution in [0.4, 0.5) is 5.82 Å². The number of rotatable bonds is 4. The molecule has 0 aliphatic heterocycles. The average Bonchev–Trinajstić information content (AvgIpc) is 3.13. The van der Waals surface area contributed by atoms with E-state index in [0.717, 1.165) is 58.5 Å². The molecular weight excluding hydrogens is 380 g/mol. The lowest BCUT2D eigenvalue weighted by atomic mass is 9.95. The van der Waals surface area contributed by atoms with E-state index in [1.807, 2.05) is 14.0 Å². The number of aromatic nitrogens is 7. The smallest absolute Gasteiger partial charge is 0.324 e. The summed E-state index contributed by atoms with van der Waals surface area (Å²) >= 11 is 0. The van der Waals surface area contributed by atoms with E-state index in [4.69, 9.17) is 9.72 Å². The van der Waals surface area contributed by atoms with Gasteiger partial charge in [-0.15, -0.1) is 0 Å². The van der Waals surface area contributed by atoms with Gasteiger partial charge in [-0.3, -0.25) is 0 Å². The average molecular weight is 402 g/mol. The van der Waals surface area contributed by atoms with Gasteiger partial charge in [0, 0.05) is 13.0 Å². The normalized spacial score (nSPS) is 24.9. The van der Waals surface area contributed by atoms with Gasteiger partial charge in [0.25, 0.3) is 0 Å². The first-order valence-corrected chi connectivity index (χ1v) is 10.3. The predicted octanol–water partition coefficient (Wildman–Crippen LogP) is 3.59. The van der Waals surface area contributed by atoms with Crippen LogP contribution in [0.25, 0.3) is 22.1 Å². The van der Waals surface area contributed by atoms with Crippen LogP contribution in [-0.2, 0) is 0 Å².